The van der Waals surface area contributed by atoms with Crippen molar-refractivity contribution in [3.05, 3.63) is 24.3 Å². The maximum atomic E-state index is 14.6. The molecule has 3 fully saturated rings. The van der Waals surface area contributed by atoms with E-state index < -0.39 is 95.5 Å². The maximum Gasteiger partial charge on any atom is 0.311 e. The van der Waals surface area contributed by atoms with Crippen LogP contribution in [0.1, 0.15) is 115 Å². The molecule has 376 valence electrons. The predicted octanol–water partition coefficient (Wildman–Crippen LogP) is 4.41. The molecule has 16 heteroatoms. The Morgan fingerprint density at radius 1 is 0.908 bits per heavy atom. The van der Waals surface area contributed by atoms with Crippen molar-refractivity contribution in [2.45, 2.75) is 205 Å². The predicted molar refractivity (Wildman–Crippen MR) is 248 cm³/mol. The van der Waals surface area contributed by atoms with Crippen molar-refractivity contribution in [1.29, 1.82) is 0 Å². The molecule has 0 amide bonds. The van der Waals surface area contributed by atoms with E-state index in [0.29, 0.717) is 37.6 Å². The summed E-state index contributed by atoms with van der Waals surface area (Å²) in [6, 6.07) is 6.63. The summed E-state index contributed by atoms with van der Waals surface area (Å²) in [5.41, 5.74) is -6.00. The highest BCUT2D eigenvalue weighted by Crippen LogP contribution is 2.43. The number of ether oxygens (including phenoxy) is 8. The number of nitrogens with one attached hydrogen (secondary N) is 2. The Labute approximate surface area is 389 Å². The number of carbonyl (C=O) groups excluding carboxylic acids is 1. The number of aliphatic hydroxyl groups is 4. The Morgan fingerprint density at radius 3 is 2.14 bits per heavy atom. The fraction of sp³-hybridized carbons (Fsp3) is 0.857. The third-order valence-corrected chi connectivity index (χ3v) is 14.4. The van der Waals surface area contributed by atoms with Gasteiger partial charge in [-0.1, -0.05) is 27.7 Å². The van der Waals surface area contributed by atoms with Gasteiger partial charge >= 0.3 is 5.97 Å². The van der Waals surface area contributed by atoms with Gasteiger partial charge in [-0.2, -0.15) is 0 Å². The standard InChI is InChI=1S/C49H87N3O13/c1-16-23-50-28-49(57)34(9)61-39(26-47(49,11)58-15)64-40-31(6)43(65-45-41(37(52(13)14)24-30(5)60-45)62-36-21-19-35(20-22-36)59-18-3)46(10,55)25-29(4)27-51-33(8)42(53)48(12,56)38(17-2)63-44(54)32(40)7/h19-22,29-34,37-43,45,50-51,53,55-57H,16-18,23-28H2,1-15H3/t29-,30-,31+,32-,33-,34+,37+,38-,39+,40+,41-,42-,43-,45+,46-,47-,48-,49+/m1/s1. The largest absolute Gasteiger partial charge is 0.494 e. The summed E-state index contributed by atoms with van der Waals surface area (Å²) in [4.78, 5) is 16.7. The van der Waals surface area contributed by atoms with Gasteiger partial charge < -0.3 is 73.9 Å². The monoisotopic (exact) mass is 926 g/mol. The number of likely N-dealkylation sites (N-methyl/N-ethyl adjacent to an activating group) is 1. The topological polar surface area (TPSA) is 199 Å². The highest BCUT2D eigenvalue weighted by Gasteiger charge is 2.58. The third kappa shape index (κ3) is 13.1. The lowest BCUT2D eigenvalue weighted by Gasteiger charge is -2.53. The lowest BCUT2D eigenvalue weighted by Crippen LogP contribution is -2.70. The number of cyclic esters (lactones) is 1. The van der Waals surface area contributed by atoms with Crippen LogP contribution in [-0.4, -0.2) is 169 Å². The molecule has 6 N–H and O–H groups in total. The Hall–Kier alpha value is -2.19. The summed E-state index contributed by atoms with van der Waals surface area (Å²) in [5, 5.41) is 55.1. The number of aliphatic hydroxyl groups excluding tert-OH is 1. The van der Waals surface area contributed by atoms with Gasteiger partial charge in [-0.25, -0.2) is 0 Å². The highest BCUT2D eigenvalue weighted by atomic mass is 16.7. The number of hydrogen-bond donors (Lipinski definition) is 6. The summed E-state index contributed by atoms with van der Waals surface area (Å²) in [7, 11) is 5.53. The van der Waals surface area contributed by atoms with Gasteiger partial charge in [0.15, 0.2) is 18.7 Å². The number of esters is 1. The first-order valence-corrected chi connectivity index (χ1v) is 24.1. The second-order valence-electron chi connectivity index (χ2n) is 20.2. The molecule has 3 saturated heterocycles. The average molecular weight is 926 g/mol. The molecule has 0 bridgehead atoms. The molecule has 3 heterocycles. The SMILES string of the molecule is CCCNC[C@]1(O)[C@H](C)O[C@@H](O[C@H]2[C@H](C)[C@@H](O[C@@H]3O[C@H](C)C[C@H](N(C)C)[C@H]3Oc3ccc(OCC)cc3)[C@](C)(O)C[C@@H](C)CN[C@H](C)[C@@H](O)[C@](C)(O)[C@@H](CC)OC(=O)[C@@H]2C)C[C@@]1(C)OC. The molecule has 0 unspecified atom stereocenters. The lowest BCUT2D eigenvalue weighted by molar-refractivity contribution is -0.335. The van der Waals surface area contributed by atoms with Gasteiger partial charge in [0.05, 0.1) is 48.6 Å². The first kappa shape index (κ1) is 55.4. The number of carbonyl (C=O) groups is 1. The molecule has 3 aliphatic rings. The van der Waals surface area contributed by atoms with Crippen LogP contribution in [0.5, 0.6) is 11.5 Å². The average Bonchev–Trinajstić information content (AvgIpc) is 3.24. The van der Waals surface area contributed by atoms with Gasteiger partial charge in [0.1, 0.15) is 40.5 Å². The van der Waals surface area contributed by atoms with Crippen LogP contribution < -0.4 is 20.1 Å². The van der Waals surface area contributed by atoms with Crippen LogP contribution in [0.2, 0.25) is 0 Å². The zero-order valence-corrected chi connectivity index (χ0v) is 42.2. The van der Waals surface area contributed by atoms with E-state index >= 15 is 0 Å². The molecule has 18 atom stereocenters. The number of nitrogens with zero attached hydrogens (tertiary/aromatic N) is 1. The van der Waals surface area contributed by atoms with E-state index in [1.54, 1.807) is 41.7 Å². The van der Waals surface area contributed by atoms with Crippen LogP contribution in [0, 0.1) is 17.8 Å². The van der Waals surface area contributed by atoms with E-state index in [1.807, 2.05) is 79.9 Å². The number of methoxy groups -OCH3 is 1. The minimum Gasteiger partial charge on any atom is -0.494 e. The van der Waals surface area contributed by atoms with Crippen molar-refractivity contribution in [3.8, 4) is 11.5 Å². The van der Waals surface area contributed by atoms with Crippen LogP contribution >= 0.6 is 0 Å². The fourth-order valence-electron chi connectivity index (χ4n) is 10.3. The Bertz CT molecular complexity index is 1600. The molecule has 0 aromatic heterocycles. The van der Waals surface area contributed by atoms with Crippen LogP contribution in [0.4, 0.5) is 0 Å². The molecule has 16 nitrogen and oxygen atoms in total. The summed E-state index contributed by atoms with van der Waals surface area (Å²) in [6.45, 7) is 23.7. The van der Waals surface area contributed by atoms with Crippen LogP contribution in [0.3, 0.4) is 0 Å². The number of rotatable bonds is 15. The number of benzene rings is 1. The van der Waals surface area contributed by atoms with Crippen LogP contribution in [-0.2, 0) is 33.2 Å². The minimum atomic E-state index is -1.83. The zero-order valence-electron chi connectivity index (χ0n) is 42.2. The van der Waals surface area contributed by atoms with E-state index in [-0.39, 0.29) is 43.9 Å². The van der Waals surface area contributed by atoms with E-state index in [4.69, 9.17) is 37.9 Å². The van der Waals surface area contributed by atoms with E-state index in [2.05, 4.69) is 15.5 Å². The maximum absolute atomic E-state index is 14.6. The third-order valence-electron chi connectivity index (χ3n) is 14.4. The molecule has 4 rings (SSSR count). The summed E-state index contributed by atoms with van der Waals surface area (Å²) < 4.78 is 52.0. The van der Waals surface area contributed by atoms with Gasteiger partial charge in [-0.3, -0.25) is 4.79 Å². The number of hydrogen-bond acceptors (Lipinski definition) is 16. The van der Waals surface area contributed by atoms with Crippen molar-refractivity contribution in [2.24, 2.45) is 17.8 Å². The molecule has 65 heavy (non-hydrogen) atoms. The molecule has 0 aliphatic carbocycles. The van der Waals surface area contributed by atoms with Gasteiger partial charge in [0.25, 0.3) is 0 Å². The summed E-state index contributed by atoms with van der Waals surface area (Å²) >= 11 is 0. The van der Waals surface area contributed by atoms with Crippen molar-refractivity contribution in [2.75, 3.05) is 47.4 Å². The minimum absolute atomic E-state index is 0.0932. The molecule has 0 saturated carbocycles. The first-order valence-electron chi connectivity index (χ1n) is 24.1. The van der Waals surface area contributed by atoms with E-state index in [9.17, 15) is 25.2 Å². The first-order chi connectivity index (χ1) is 30.4. The van der Waals surface area contributed by atoms with Crippen LogP contribution in [0.25, 0.3) is 0 Å². The molecular weight excluding hydrogens is 839 g/mol. The molecular formula is C49H87N3O13. The Morgan fingerprint density at radius 2 is 1.55 bits per heavy atom. The summed E-state index contributed by atoms with van der Waals surface area (Å²) in [5.74, 6) is -1.37. The molecule has 1 aromatic rings. The molecule has 1 aromatic carbocycles. The van der Waals surface area contributed by atoms with E-state index in [1.165, 1.54) is 6.92 Å². The van der Waals surface area contributed by atoms with Gasteiger partial charge in [-0.05, 0) is 138 Å². The second-order valence-corrected chi connectivity index (χ2v) is 20.2. The van der Waals surface area contributed by atoms with Crippen LogP contribution in [0.15, 0.2) is 24.3 Å². The van der Waals surface area contributed by atoms with Gasteiger partial charge in [0.2, 0.25) is 0 Å². The summed E-state index contributed by atoms with van der Waals surface area (Å²) in [6.07, 6.45) is -6.15. The van der Waals surface area contributed by atoms with E-state index in [0.717, 1.165) is 6.42 Å². The fourth-order valence-corrected chi connectivity index (χ4v) is 10.3. The molecule has 3 aliphatic heterocycles. The quantitative estimate of drug-likeness (QED) is 0.107. The second kappa shape index (κ2) is 23.4. The normalized spacial score (nSPS) is 42.7. The highest BCUT2D eigenvalue weighted by molar-refractivity contribution is 5.73. The lowest BCUT2D eigenvalue weighted by atomic mass is 9.75. The van der Waals surface area contributed by atoms with Crippen molar-refractivity contribution in [3.63, 3.8) is 0 Å². The molecule has 0 radical (unpaired) electrons. The molecule has 0 spiro atoms. The van der Waals surface area contributed by atoms with Gasteiger partial charge in [0, 0.05) is 32.0 Å². The smallest absolute Gasteiger partial charge is 0.311 e. The van der Waals surface area contributed by atoms with Crippen molar-refractivity contribution in [1.82, 2.24) is 15.5 Å². The van der Waals surface area contributed by atoms with Crippen molar-refractivity contribution < 1.29 is 63.1 Å². The van der Waals surface area contributed by atoms with Gasteiger partial charge in [-0.15, -0.1) is 0 Å². The Balaban J connectivity index is 1.86. The zero-order chi connectivity index (χ0) is 48.7. The van der Waals surface area contributed by atoms with Crippen molar-refractivity contribution >= 4 is 5.97 Å². The Kier molecular flexibility index (Phi) is 20.0.